The van der Waals surface area contributed by atoms with Crippen molar-refractivity contribution in [3.8, 4) is 0 Å². The van der Waals surface area contributed by atoms with Crippen LogP contribution >= 0.6 is 34.5 Å². The van der Waals surface area contributed by atoms with E-state index < -0.39 is 5.82 Å². The van der Waals surface area contributed by atoms with Crippen LogP contribution in [0, 0.1) is 5.82 Å². The van der Waals surface area contributed by atoms with Crippen LogP contribution in [0.25, 0.3) is 0 Å². The van der Waals surface area contributed by atoms with Crippen molar-refractivity contribution in [1.82, 2.24) is 9.80 Å². The van der Waals surface area contributed by atoms with Crippen LogP contribution in [0.5, 0.6) is 0 Å². The van der Waals surface area contributed by atoms with Gasteiger partial charge in [0.15, 0.2) is 0 Å². The maximum absolute atomic E-state index is 13.7. The van der Waals surface area contributed by atoms with Crippen molar-refractivity contribution in [1.29, 1.82) is 0 Å². The molecule has 0 radical (unpaired) electrons. The topological polar surface area (TPSA) is 40.6 Å². The number of fused-ring (bicyclic) bond motifs is 1. The van der Waals surface area contributed by atoms with Gasteiger partial charge < -0.3 is 9.80 Å². The Labute approximate surface area is 205 Å². The summed E-state index contributed by atoms with van der Waals surface area (Å²) >= 11 is 14.3. The van der Waals surface area contributed by atoms with Crippen molar-refractivity contribution < 1.29 is 14.0 Å². The molecule has 1 aromatic heterocycles. The van der Waals surface area contributed by atoms with Crippen LogP contribution in [0.4, 0.5) is 4.39 Å². The number of carbonyl (C=O) groups is 2. The summed E-state index contributed by atoms with van der Waals surface area (Å²) in [6, 6.07) is 12.6. The first-order valence-corrected chi connectivity index (χ1v) is 12.4. The number of hydrogen-bond donors (Lipinski definition) is 0. The van der Waals surface area contributed by atoms with Crippen LogP contribution in [0.15, 0.2) is 53.9 Å². The Kier molecular flexibility index (Phi) is 6.16. The van der Waals surface area contributed by atoms with Crippen molar-refractivity contribution in [2.24, 2.45) is 0 Å². The lowest BCUT2D eigenvalue weighted by Gasteiger charge is -2.38. The molecule has 33 heavy (non-hydrogen) atoms. The zero-order valence-electron chi connectivity index (χ0n) is 17.6. The molecule has 0 spiro atoms. The smallest absolute Gasteiger partial charge is 0.254 e. The van der Waals surface area contributed by atoms with Gasteiger partial charge in [0.1, 0.15) is 12.4 Å². The second-order valence-corrected chi connectivity index (χ2v) is 10.2. The molecule has 2 amide bonds. The van der Waals surface area contributed by atoms with Crippen LogP contribution in [0.2, 0.25) is 10.0 Å². The number of halogens is 3. The molecule has 2 aliphatic rings. The fourth-order valence-electron chi connectivity index (χ4n) is 4.42. The molecule has 4 nitrogen and oxygen atoms in total. The monoisotopic (exact) mass is 502 g/mol. The molecule has 1 aliphatic carbocycles. The number of amides is 2. The average molecular weight is 503 g/mol. The first kappa shape index (κ1) is 22.4. The van der Waals surface area contributed by atoms with Gasteiger partial charge in [0.25, 0.3) is 5.91 Å². The third-order valence-electron chi connectivity index (χ3n) is 6.17. The first-order chi connectivity index (χ1) is 15.9. The summed E-state index contributed by atoms with van der Waals surface area (Å²) in [5, 5.41) is 3.06. The minimum Gasteiger partial charge on any atom is -0.330 e. The minimum absolute atomic E-state index is 0.00351. The van der Waals surface area contributed by atoms with E-state index in [1.165, 1.54) is 23.1 Å². The SMILES string of the molecule is O=C(c1cccc(F)c1)N(CC(=O)N1CCc2sccc2C1c1ccc(Cl)cc1Cl)C1CC1. The fraction of sp³-hybridized carbons (Fsp3) is 0.280. The van der Waals surface area contributed by atoms with E-state index in [0.29, 0.717) is 16.6 Å². The highest BCUT2D eigenvalue weighted by molar-refractivity contribution is 7.10. The van der Waals surface area contributed by atoms with E-state index in [9.17, 15) is 14.0 Å². The Morgan fingerprint density at radius 2 is 1.91 bits per heavy atom. The van der Waals surface area contributed by atoms with Gasteiger partial charge in [0.05, 0.1) is 6.04 Å². The lowest BCUT2D eigenvalue weighted by Crippen LogP contribution is -2.47. The quantitative estimate of drug-likeness (QED) is 0.430. The zero-order valence-corrected chi connectivity index (χ0v) is 20.0. The van der Waals surface area contributed by atoms with E-state index in [1.807, 2.05) is 17.5 Å². The maximum atomic E-state index is 13.7. The molecule has 1 aliphatic heterocycles. The molecule has 1 unspecified atom stereocenters. The number of benzene rings is 2. The Morgan fingerprint density at radius 1 is 1.09 bits per heavy atom. The van der Waals surface area contributed by atoms with Crippen LogP contribution in [0.1, 0.15) is 45.2 Å². The van der Waals surface area contributed by atoms with Gasteiger partial charge in [-0.2, -0.15) is 0 Å². The fourth-order valence-corrected chi connectivity index (χ4v) is 5.84. The first-order valence-electron chi connectivity index (χ1n) is 10.8. The van der Waals surface area contributed by atoms with Crippen molar-refractivity contribution in [2.45, 2.75) is 31.3 Å². The molecule has 1 atom stereocenters. The molecular formula is C25H21Cl2FN2O2S. The Balaban J connectivity index is 1.45. The number of rotatable bonds is 5. The highest BCUT2D eigenvalue weighted by atomic mass is 35.5. The van der Waals surface area contributed by atoms with Crippen LogP contribution in [0.3, 0.4) is 0 Å². The predicted molar refractivity (Wildman–Crippen MR) is 128 cm³/mol. The molecule has 0 saturated heterocycles. The van der Waals surface area contributed by atoms with E-state index >= 15 is 0 Å². The molecular weight excluding hydrogens is 482 g/mol. The van der Waals surface area contributed by atoms with Gasteiger partial charge in [-0.05, 0) is 72.2 Å². The van der Waals surface area contributed by atoms with Gasteiger partial charge in [0, 0.05) is 33.1 Å². The molecule has 8 heteroatoms. The van der Waals surface area contributed by atoms with Gasteiger partial charge in [-0.25, -0.2) is 4.39 Å². The average Bonchev–Trinajstić information content (AvgIpc) is 3.52. The van der Waals surface area contributed by atoms with Crippen molar-refractivity contribution in [3.63, 3.8) is 0 Å². The highest BCUT2D eigenvalue weighted by Crippen LogP contribution is 2.41. The third-order valence-corrected chi connectivity index (χ3v) is 7.73. The van der Waals surface area contributed by atoms with Gasteiger partial charge in [0.2, 0.25) is 5.91 Å². The number of hydrogen-bond acceptors (Lipinski definition) is 3. The third kappa shape index (κ3) is 4.52. The molecule has 5 rings (SSSR count). The van der Waals surface area contributed by atoms with Gasteiger partial charge in [-0.1, -0.05) is 35.3 Å². The van der Waals surface area contributed by atoms with Crippen molar-refractivity contribution >= 4 is 46.4 Å². The largest absolute Gasteiger partial charge is 0.330 e. The summed E-state index contributed by atoms with van der Waals surface area (Å²) in [7, 11) is 0. The predicted octanol–water partition coefficient (Wildman–Crippen LogP) is 5.97. The highest BCUT2D eigenvalue weighted by Gasteiger charge is 2.39. The normalized spacial score (nSPS) is 17.5. The Bertz CT molecular complexity index is 1230. The van der Waals surface area contributed by atoms with Gasteiger partial charge >= 0.3 is 0 Å². The molecule has 1 saturated carbocycles. The number of carbonyl (C=O) groups excluding carboxylic acids is 2. The summed E-state index contributed by atoms with van der Waals surface area (Å²) in [6.07, 6.45) is 2.44. The second kappa shape index (κ2) is 9.09. The van der Waals surface area contributed by atoms with Crippen molar-refractivity contribution in [2.75, 3.05) is 13.1 Å². The van der Waals surface area contributed by atoms with Gasteiger partial charge in [-0.3, -0.25) is 9.59 Å². The maximum Gasteiger partial charge on any atom is 0.254 e. The van der Waals surface area contributed by atoms with E-state index in [2.05, 4.69) is 0 Å². The Hall–Kier alpha value is -2.41. The molecule has 2 heterocycles. The van der Waals surface area contributed by atoms with E-state index in [1.54, 1.807) is 39.3 Å². The minimum atomic E-state index is -0.471. The van der Waals surface area contributed by atoms with Gasteiger partial charge in [-0.15, -0.1) is 11.3 Å². The number of nitrogens with zero attached hydrogens (tertiary/aromatic N) is 2. The lowest BCUT2D eigenvalue weighted by atomic mass is 9.93. The van der Waals surface area contributed by atoms with Crippen molar-refractivity contribution in [3.05, 3.63) is 91.3 Å². The molecule has 170 valence electrons. The lowest BCUT2D eigenvalue weighted by molar-refractivity contribution is -0.134. The second-order valence-electron chi connectivity index (χ2n) is 8.38. The van der Waals surface area contributed by atoms with Crippen LogP contribution < -0.4 is 0 Å². The standard InChI is InChI=1S/C25H21Cl2FN2O2S/c26-16-4-7-19(21(27)13-16)24-20-9-11-33-22(20)8-10-29(24)23(31)14-30(18-5-6-18)25(32)15-2-1-3-17(28)12-15/h1-4,7,9,11-13,18,24H,5-6,8,10,14H2. The summed E-state index contributed by atoms with van der Waals surface area (Å²) in [5.74, 6) is -0.944. The van der Waals surface area contributed by atoms with Crippen LogP contribution in [-0.2, 0) is 11.2 Å². The molecule has 2 aromatic carbocycles. The van der Waals surface area contributed by atoms with Crippen LogP contribution in [-0.4, -0.2) is 40.7 Å². The summed E-state index contributed by atoms with van der Waals surface area (Å²) in [6.45, 7) is 0.476. The molecule has 1 fully saturated rings. The van der Waals surface area contributed by atoms with E-state index in [0.717, 1.165) is 30.4 Å². The Morgan fingerprint density at radius 3 is 2.64 bits per heavy atom. The zero-order chi connectivity index (χ0) is 23.1. The van der Waals surface area contributed by atoms with E-state index in [4.69, 9.17) is 23.2 Å². The van der Waals surface area contributed by atoms with E-state index in [-0.39, 0.29) is 36.0 Å². The summed E-state index contributed by atoms with van der Waals surface area (Å²) < 4.78 is 13.7. The molecule has 0 bridgehead atoms. The number of thiophene rings is 1. The molecule has 3 aromatic rings. The molecule has 0 N–H and O–H groups in total. The summed E-state index contributed by atoms with van der Waals surface area (Å²) in [5.41, 5.74) is 2.12. The summed E-state index contributed by atoms with van der Waals surface area (Å²) in [4.78, 5) is 31.4.